The molecule has 1 saturated carbocycles. The zero-order valence-electron chi connectivity index (χ0n) is 17.6. The van der Waals surface area contributed by atoms with E-state index in [9.17, 15) is 4.79 Å². The van der Waals surface area contributed by atoms with E-state index < -0.39 is 0 Å². The summed E-state index contributed by atoms with van der Waals surface area (Å²) in [4.78, 5) is 29.5. The number of rotatable bonds is 4. The largest absolute Gasteiger partial charge is 0.352 e. The molecule has 0 unspecified atom stereocenters. The van der Waals surface area contributed by atoms with Gasteiger partial charge in [-0.05, 0) is 37.3 Å². The van der Waals surface area contributed by atoms with Crippen LogP contribution in [0.15, 0.2) is 36.7 Å². The zero-order chi connectivity index (χ0) is 20.5. The molecule has 0 atom stereocenters. The Kier molecular flexibility index (Phi) is 5.15. The minimum Gasteiger partial charge on any atom is -0.352 e. The molecule has 156 valence electrons. The van der Waals surface area contributed by atoms with E-state index in [2.05, 4.69) is 57.1 Å². The van der Waals surface area contributed by atoms with Crippen molar-refractivity contribution in [1.29, 1.82) is 0 Å². The molecule has 3 heterocycles. The topological polar surface area (TPSA) is 65.1 Å². The van der Waals surface area contributed by atoms with Crippen molar-refractivity contribution in [2.75, 3.05) is 31.1 Å². The number of nitrogens with zero attached hydrogens (tertiary/aromatic N) is 4. The Hall–Kier alpha value is -2.89. The van der Waals surface area contributed by atoms with Crippen molar-refractivity contribution in [2.24, 2.45) is 5.92 Å². The molecule has 0 spiro atoms. The number of hydrogen-bond acceptors (Lipinski definition) is 4. The number of aryl methyl sites for hydroxylation is 1. The molecule has 1 aliphatic carbocycles. The van der Waals surface area contributed by atoms with Crippen LogP contribution in [0.1, 0.15) is 37.7 Å². The number of benzene rings is 1. The van der Waals surface area contributed by atoms with Crippen LogP contribution in [0, 0.1) is 12.8 Å². The van der Waals surface area contributed by atoms with Gasteiger partial charge in [-0.1, -0.05) is 42.7 Å². The second-order valence-corrected chi connectivity index (χ2v) is 8.73. The Balaban J connectivity index is 1.30. The van der Waals surface area contributed by atoms with Gasteiger partial charge in [0.15, 0.2) is 0 Å². The van der Waals surface area contributed by atoms with Crippen LogP contribution in [0.25, 0.3) is 22.3 Å². The zero-order valence-corrected chi connectivity index (χ0v) is 17.6. The normalized spacial score (nSPS) is 17.8. The van der Waals surface area contributed by atoms with E-state index in [0.717, 1.165) is 60.7 Å². The highest BCUT2D eigenvalue weighted by molar-refractivity contribution is 5.92. The van der Waals surface area contributed by atoms with Crippen LogP contribution in [-0.2, 0) is 4.79 Å². The summed E-state index contributed by atoms with van der Waals surface area (Å²) in [6.07, 6.45) is 7.39. The van der Waals surface area contributed by atoms with Gasteiger partial charge in [-0.3, -0.25) is 4.79 Å². The van der Waals surface area contributed by atoms with Gasteiger partial charge in [0.05, 0.1) is 5.39 Å². The Labute approximate surface area is 177 Å². The molecule has 3 aromatic rings. The molecule has 1 aliphatic heterocycles. The fourth-order valence-corrected chi connectivity index (χ4v) is 4.83. The van der Waals surface area contributed by atoms with Gasteiger partial charge in [-0.2, -0.15) is 0 Å². The van der Waals surface area contributed by atoms with E-state index in [-0.39, 0.29) is 0 Å². The second-order valence-electron chi connectivity index (χ2n) is 8.73. The third-order valence-corrected chi connectivity index (χ3v) is 6.64. The van der Waals surface area contributed by atoms with E-state index in [0.29, 0.717) is 11.8 Å². The van der Waals surface area contributed by atoms with Gasteiger partial charge in [0.2, 0.25) is 5.91 Å². The highest BCUT2D eigenvalue weighted by atomic mass is 16.2. The summed E-state index contributed by atoms with van der Waals surface area (Å²) in [6, 6.07) is 10.6. The van der Waals surface area contributed by atoms with Crippen molar-refractivity contribution in [3.05, 3.63) is 42.2 Å². The molecular weight excluding hydrogens is 374 g/mol. The quantitative estimate of drug-likeness (QED) is 0.710. The highest BCUT2D eigenvalue weighted by Gasteiger charge is 2.26. The van der Waals surface area contributed by atoms with Crippen molar-refractivity contribution in [3.8, 4) is 11.3 Å². The number of H-pyrrole nitrogens is 1. The van der Waals surface area contributed by atoms with Crippen molar-refractivity contribution in [2.45, 2.75) is 39.0 Å². The SMILES string of the molecule is Cc1ccc(-c2cc3c(N4CCN(C(=O)CC5CCCC5)CC4)ncnc3[nH]2)cc1. The fraction of sp³-hybridized carbons (Fsp3) is 0.458. The smallest absolute Gasteiger partial charge is 0.222 e. The molecular formula is C24H29N5O. The first-order valence-corrected chi connectivity index (χ1v) is 11.1. The van der Waals surface area contributed by atoms with Crippen LogP contribution >= 0.6 is 0 Å². The molecule has 2 aromatic heterocycles. The predicted molar refractivity (Wildman–Crippen MR) is 119 cm³/mol. The molecule has 1 amide bonds. The lowest BCUT2D eigenvalue weighted by Crippen LogP contribution is -2.49. The molecule has 1 N–H and O–H groups in total. The molecule has 0 bridgehead atoms. The number of aromatic nitrogens is 3. The average Bonchev–Trinajstić information content (AvgIpc) is 3.44. The summed E-state index contributed by atoms with van der Waals surface area (Å²) in [5.41, 5.74) is 4.30. The monoisotopic (exact) mass is 403 g/mol. The molecule has 2 aliphatic rings. The van der Waals surface area contributed by atoms with Crippen molar-refractivity contribution in [1.82, 2.24) is 19.9 Å². The Morgan fingerprint density at radius 1 is 1.07 bits per heavy atom. The van der Waals surface area contributed by atoms with Crippen LogP contribution in [0.3, 0.4) is 0 Å². The number of nitrogens with one attached hydrogen (secondary N) is 1. The molecule has 1 saturated heterocycles. The number of hydrogen-bond donors (Lipinski definition) is 1. The molecule has 5 rings (SSSR count). The van der Waals surface area contributed by atoms with E-state index in [1.807, 2.05) is 4.90 Å². The Morgan fingerprint density at radius 2 is 1.80 bits per heavy atom. The van der Waals surface area contributed by atoms with Crippen molar-refractivity contribution >= 4 is 22.8 Å². The van der Waals surface area contributed by atoms with E-state index in [1.165, 1.54) is 31.2 Å². The molecule has 6 heteroatoms. The van der Waals surface area contributed by atoms with Crippen LogP contribution < -0.4 is 4.90 Å². The van der Waals surface area contributed by atoms with E-state index in [4.69, 9.17) is 0 Å². The summed E-state index contributed by atoms with van der Waals surface area (Å²) in [7, 11) is 0. The lowest BCUT2D eigenvalue weighted by atomic mass is 10.0. The van der Waals surface area contributed by atoms with Crippen molar-refractivity contribution in [3.63, 3.8) is 0 Å². The standard InChI is InChI=1S/C24H29N5O/c1-17-6-8-19(9-7-17)21-15-20-23(27-21)25-16-26-24(20)29-12-10-28(11-13-29)22(30)14-18-4-2-3-5-18/h6-9,15-16,18H,2-5,10-14H2,1H3,(H,25,26,27). The van der Waals surface area contributed by atoms with Gasteiger partial charge in [0.1, 0.15) is 17.8 Å². The summed E-state index contributed by atoms with van der Waals surface area (Å²) in [6.45, 7) is 5.26. The number of piperazine rings is 1. The van der Waals surface area contributed by atoms with Gasteiger partial charge in [0, 0.05) is 38.3 Å². The first kappa shape index (κ1) is 19.1. The highest BCUT2D eigenvalue weighted by Crippen LogP contribution is 2.30. The number of carbonyl (C=O) groups is 1. The molecule has 2 fully saturated rings. The Morgan fingerprint density at radius 3 is 2.53 bits per heavy atom. The maximum atomic E-state index is 12.7. The third kappa shape index (κ3) is 3.78. The maximum Gasteiger partial charge on any atom is 0.222 e. The van der Waals surface area contributed by atoms with Crippen LogP contribution in [0.2, 0.25) is 0 Å². The maximum absolute atomic E-state index is 12.7. The van der Waals surface area contributed by atoms with Crippen LogP contribution in [0.4, 0.5) is 5.82 Å². The van der Waals surface area contributed by atoms with Crippen LogP contribution in [0.5, 0.6) is 0 Å². The predicted octanol–water partition coefficient (Wildman–Crippen LogP) is 4.16. The van der Waals surface area contributed by atoms with Gasteiger partial charge in [0.25, 0.3) is 0 Å². The minimum atomic E-state index is 0.331. The van der Waals surface area contributed by atoms with Crippen molar-refractivity contribution < 1.29 is 4.79 Å². The Bertz CT molecular complexity index is 1030. The van der Waals surface area contributed by atoms with E-state index >= 15 is 0 Å². The minimum absolute atomic E-state index is 0.331. The number of fused-ring (bicyclic) bond motifs is 1. The first-order chi connectivity index (χ1) is 14.7. The average molecular weight is 404 g/mol. The summed E-state index contributed by atoms with van der Waals surface area (Å²) in [5, 5.41) is 1.04. The number of carbonyl (C=O) groups excluding carboxylic acids is 1. The lowest BCUT2D eigenvalue weighted by molar-refractivity contribution is -0.132. The molecule has 0 radical (unpaired) electrons. The molecule has 30 heavy (non-hydrogen) atoms. The first-order valence-electron chi connectivity index (χ1n) is 11.1. The van der Waals surface area contributed by atoms with Gasteiger partial charge in [-0.25, -0.2) is 9.97 Å². The number of amides is 1. The fourth-order valence-electron chi connectivity index (χ4n) is 4.83. The number of aromatic amines is 1. The summed E-state index contributed by atoms with van der Waals surface area (Å²) in [5.74, 6) is 1.90. The van der Waals surface area contributed by atoms with Crippen LogP contribution in [-0.4, -0.2) is 51.9 Å². The lowest BCUT2D eigenvalue weighted by Gasteiger charge is -2.36. The summed E-state index contributed by atoms with van der Waals surface area (Å²) >= 11 is 0. The van der Waals surface area contributed by atoms with Gasteiger partial charge in [-0.15, -0.1) is 0 Å². The summed E-state index contributed by atoms with van der Waals surface area (Å²) < 4.78 is 0. The van der Waals surface area contributed by atoms with Gasteiger partial charge >= 0.3 is 0 Å². The molecule has 1 aromatic carbocycles. The second kappa shape index (κ2) is 8.09. The van der Waals surface area contributed by atoms with E-state index in [1.54, 1.807) is 6.33 Å². The van der Waals surface area contributed by atoms with Gasteiger partial charge < -0.3 is 14.8 Å². The number of anilines is 1. The molecule has 6 nitrogen and oxygen atoms in total. The third-order valence-electron chi connectivity index (χ3n) is 6.64.